The predicted molar refractivity (Wildman–Crippen MR) is 82.0 cm³/mol. The second kappa shape index (κ2) is 7.33. The molecule has 0 heterocycles. The molecule has 0 aliphatic heterocycles. The molecule has 0 N–H and O–H groups in total. The third kappa shape index (κ3) is 3.75. The summed E-state index contributed by atoms with van der Waals surface area (Å²) in [5, 5.41) is 0.621. The zero-order chi connectivity index (χ0) is 14.6. The van der Waals surface area contributed by atoms with Crippen LogP contribution >= 0.6 is 31.8 Å². The van der Waals surface area contributed by atoms with Gasteiger partial charge in [-0.15, -0.1) is 0 Å². The highest BCUT2D eigenvalue weighted by Gasteiger charge is 2.24. The van der Waals surface area contributed by atoms with Gasteiger partial charge in [0, 0.05) is 0 Å². The van der Waals surface area contributed by atoms with E-state index in [2.05, 4.69) is 0 Å². The molecule has 1 rings (SSSR count). The maximum absolute atomic E-state index is 12.4. The van der Waals surface area contributed by atoms with Crippen LogP contribution in [-0.2, 0) is 0 Å². The molecular weight excluding hydrogens is 306 g/mol. The van der Waals surface area contributed by atoms with Crippen LogP contribution in [0.5, 0.6) is 11.5 Å². The van der Waals surface area contributed by atoms with E-state index in [0.29, 0.717) is 32.8 Å². The molecule has 1 aromatic carbocycles. The third-order valence-electron chi connectivity index (χ3n) is 2.77. The Hall–Kier alpha value is -0.500. The van der Waals surface area contributed by atoms with E-state index in [1.54, 1.807) is 0 Å². The number of hydrogen-bond acceptors (Lipinski definition) is 3. The molecule has 0 spiro atoms. The van der Waals surface area contributed by atoms with Crippen molar-refractivity contribution in [2.24, 2.45) is 0 Å². The molecule has 0 aliphatic rings. The second-order valence-electron chi connectivity index (χ2n) is 4.06. The van der Waals surface area contributed by atoms with Crippen LogP contribution in [0.4, 0.5) is 0 Å². The lowest BCUT2D eigenvalue weighted by molar-refractivity contribution is 0.107. The number of hydrogen-bond donors (Lipinski definition) is 0. The molecule has 0 saturated carbocycles. The number of carbonyl (C=O) groups is 1. The largest absolute Gasteiger partial charge is 0.494 e. The van der Waals surface area contributed by atoms with Crippen LogP contribution in [0.25, 0.3) is 0 Å². The number of methoxy groups -OCH3 is 2. The van der Waals surface area contributed by atoms with E-state index >= 15 is 0 Å². The average Bonchev–Trinajstić information content (AvgIpc) is 2.37. The van der Waals surface area contributed by atoms with Gasteiger partial charge < -0.3 is 9.47 Å². The Morgan fingerprint density at radius 2 is 1.74 bits per heavy atom. The first-order valence-electron chi connectivity index (χ1n) is 5.87. The van der Waals surface area contributed by atoms with Crippen molar-refractivity contribution < 1.29 is 14.3 Å². The van der Waals surface area contributed by atoms with Crippen molar-refractivity contribution in [3.63, 3.8) is 0 Å². The van der Waals surface area contributed by atoms with E-state index in [4.69, 9.17) is 32.7 Å². The van der Waals surface area contributed by atoms with E-state index in [1.807, 2.05) is 13.8 Å². The SMILES string of the molecule is CCC(C)PC(=O)c1c(OC)c(Cl)cc(Cl)c1OC. The highest BCUT2D eigenvalue weighted by molar-refractivity contribution is 7.59. The Bertz CT molecular complexity index is 449. The molecular formula is C13H17Cl2O3P. The smallest absolute Gasteiger partial charge is 0.188 e. The first-order valence-corrected chi connectivity index (χ1v) is 7.70. The van der Waals surface area contributed by atoms with Crippen molar-refractivity contribution >= 4 is 37.3 Å². The zero-order valence-electron chi connectivity index (χ0n) is 11.3. The van der Waals surface area contributed by atoms with E-state index < -0.39 is 0 Å². The number of halogens is 2. The molecule has 1 aromatic rings. The number of carbonyl (C=O) groups excluding carboxylic acids is 1. The van der Waals surface area contributed by atoms with Crippen molar-refractivity contribution in [3.05, 3.63) is 21.7 Å². The van der Waals surface area contributed by atoms with Crippen LogP contribution in [0, 0.1) is 0 Å². The van der Waals surface area contributed by atoms with E-state index in [-0.39, 0.29) is 14.1 Å². The summed E-state index contributed by atoms with van der Waals surface area (Å²) in [6.45, 7) is 4.08. The molecule has 2 atom stereocenters. The molecule has 0 bridgehead atoms. The summed E-state index contributed by atoms with van der Waals surface area (Å²) in [5.41, 5.74) is 0.591. The van der Waals surface area contributed by atoms with Crippen LogP contribution in [0.3, 0.4) is 0 Å². The summed E-state index contributed by atoms with van der Waals surface area (Å²) < 4.78 is 10.4. The van der Waals surface area contributed by atoms with Crippen LogP contribution in [0.2, 0.25) is 10.0 Å². The van der Waals surface area contributed by atoms with Gasteiger partial charge in [-0.25, -0.2) is 0 Å². The maximum Gasteiger partial charge on any atom is 0.188 e. The Morgan fingerprint density at radius 3 is 2.11 bits per heavy atom. The fourth-order valence-corrected chi connectivity index (χ4v) is 3.23. The van der Waals surface area contributed by atoms with Crippen molar-refractivity contribution in [1.82, 2.24) is 0 Å². The third-order valence-corrected chi connectivity index (χ3v) is 4.74. The van der Waals surface area contributed by atoms with Crippen LogP contribution in [0.1, 0.15) is 30.6 Å². The van der Waals surface area contributed by atoms with E-state index in [9.17, 15) is 4.79 Å². The minimum atomic E-state index is -0.0487. The highest BCUT2D eigenvalue weighted by atomic mass is 35.5. The van der Waals surface area contributed by atoms with Crippen LogP contribution < -0.4 is 9.47 Å². The van der Waals surface area contributed by atoms with Crippen molar-refractivity contribution in [2.45, 2.75) is 25.9 Å². The van der Waals surface area contributed by atoms with Gasteiger partial charge in [-0.1, -0.05) is 37.0 Å². The summed E-state index contributed by atoms with van der Waals surface area (Å²) in [6.07, 6.45) is 0.934. The topological polar surface area (TPSA) is 35.5 Å². The van der Waals surface area contributed by atoms with Crippen molar-refractivity contribution in [1.29, 1.82) is 0 Å². The minimum absolute atomic E-state index is 0.0487. The molecule has 2 unspecified atom stereocenters. The lowest BCUT2D eigenvalue weighted by Gasteiger charge is -2.16. The van der Waals surface area contributed by atoms with Crippen molar-refractivity contribution in [2.75, 3.05) is 14.2 Å². The molecule has 6 heteroatoms. The van der Waals surface area contributed by atoms with Gasteiger partial charge in [0.05, 0.1) is 24.3 Å². The second-order valence-corrected chi connectivity index (χ2v) is 6.61. The predicted octanol–water partition coefficient (Wildman–Crippen LogP) is 4.63. The Kier molecular flexibility index (Phi) is 6.38. The van der Waals surface area contributed by atoms with E-state index in [1.165, 1.54) is 20.3 Å². The van der Waals surface area contributed by atoms with E-state index in [0.717, 1.165) is 6.42 Å². The summed E-state index contributed by atoms with van der Waals surface area (Å²) in [7, 11) is 3.07. The first kappa shape index (κ1) is 16.6. The molecule has 0 amide bonds. The maximum atomic E-state index is 12.4. The summed E-state index contributed by atoms with van der Waals surface area (Å²) in [6, 6.07) is 1.52. The summed E-state index contributed by atoms with van der Waals surface area (Å²) in [4.78, 5) is 12.4. The summed E-state index contributed by atoms with van der Waals surface area (Å²) in [5.74, 6) is 0.646. The molecule has 0 radical (unpaired) electrons. The fourth-order valence-electron chi connectivity index (χ4n) is 1.59. The number of benzene rings is 1. The van der Waals surface area contributed by atoms with Crippen LogP contribution in [0.15, 0.2) is 6.07 Å². The van der Waals surface area contributed by atoms with Gasteiger partial charge in [-0.2, -0.15) is 0 Å². The molecule has 0 aliphatic carbocycles. The average molecular weight is 323 g/mol. The van der Waals surface area contributed by atoms with Gasteiger partial charge in [-0.3, -0.25) is 4.79 Å². The molecule has 106 valence electrons. The van der Waals surface area contributed by atoms with Gasteiger partial charge in [-0.05, 0) is 26.7 Å². The Labute approximate surface area is 125 Å². The number of ether oxygens (including phenoxy) is 2. The summed E-state index contributed by atoms with van der Waals surface area (Å²) >= 11 is 12.1. The highest BCUT2D eigenvalue weighted by Crippen LogP contribution is 2.44. The lowest BCUT2D eigenvalue weighted by Crippen LogP contribution is -2.05. The van der Waals surface area contributed by atoms with Gasteiger partial charge in [0.25, 0.3) is 0 Å². The molecule has 0 saturated heterocycles. The minimum Gasteiger partial charge on any atom is -0.494 e. The monoisotopic (exact) mass is 322 g/mol. The van der Waals surface area contributed by atoms with Gasteiger partial charge in [0.2, 0.25) is 0 Å². The van der Waals surface area contributed by atoms with Crippen LogP contribution in [-0.4, -0.2) is 25.4 Å². The Morgan fingerprint density at radius 1 is 1.26 bits per heavy atom. The first-order chi connectivity index (χ1) is 8.96. The molecule has 0 fully saturated rings. The quantitative estimate of drug-likeness (QED) is 0.716. The van der Waals surface area contributed by atoms with Gasteiger partial charge in [0.15, 0.2) is 17.0 Å². The normalized spacial score (nSPS) is 12.7. The molecule has 3 nitrogen and oxygen atoms in total. The molecule has 19 heavy (non-hydrogen) atoms. The zero-order valence-corrected chi connectivity index (χ0v) is 13.9. The number of rotatable bonds is 6. The van der Waals surface area contributed by atoms with Gasteiger partial charge >= 0.3 is 0 Å². The fraction of sp³-hybridized carbons (Fsp3) is 0.462. The molecule has 0 aromatic heterocycles. The van der Waals surface area contributed by atoms with Gasteiger partial charge in [0.1, 0.15) is 5.56 Å². The Balaban J connectivity index is 3.33. The lowest BCUT2D eigenvalue weighted by atomic mass is 10.2. The van der Waals surface area contributed by atoms with Crippen molar-refractivity contribution in [3.8, 4) is 11.5 Å². The standard InChI is InChI=1S/C13H17Cl2O3P/c1-5-7(2)19-13(16)10-11(17-3)8(14)6-9(15)12(10)18-4/h6-7,19H,5H2,1-4H3.